The van der Waals surface area contributed by atoms with E-state index in [1.807, 2.05) is 6.08 Å². The summed E-state index contributed by atoms with van der Waals surface area (Å²) < 4.78 is 4.80. The Hall–Kier alpha value is -1.74. The number of hydrogen-bond acceptors (Lipinski definition) is 3. The second-order valence-corrected chi connectivity index (χ2v) is 4.43. The number of methoxy groups -OCH3 is 1. The number of esters is 1. The fourth-order valence-corrected chi connectivity index (χ4v) is 2.35. The van der Waals surface area contributed by atoms with E-state index in [1.54, 1.807) is 30.3 Å². The molecule has 0 radical (unpaired) electrons. The average Bonchev–Trinajstić information content (AvgIpc) is 2.39. The maximum Gasteiger partial charge on any atom is 0.313 e. The Morgan fingerprint density at radius 1 is 1.39 bits per heavy atom. The van der Waals surface area contributed by atoms with Gasteiger partial charge >= 0.3 is 5.97 Å². The predicted molar refractivity (Wildman–Crippen MR) is 70.1 cm³/mol. The number of carbonyl (C=O) groups excluding carboxylic acids is 1. The van der Waals surface area contributed by atoms with Crippen LogP contribution in [0.2, 0.25) is 0 Å². The van der Waals surface area contributed by atoms with E-state index in [2.05, 4.69) is 0 Å². The van der Waals surface area contributed by atoms with Crippen LogP contribution in [0.25, 0.3) is 5.57 Å². The molecule has 0 aromatic heterocycles. The zero-order valence-electron chi connectivity index (χ0n) is 9.89. The Morgan fingerprint density at radius 3 is 2.67 bits per heavy atom. The van der Waals surface area contributed by atoms with Gasteiger partial charge in [-0.1, -0.05) is 29.8 Å². The highest BCUT2D eigenvalue weighted by Gasteiger charge is 2.28. The molecule has 1 N–H and O–H groups in total. The lowest BCUT2D eigenvalue weighted by atomic mass is 9.86. The maximum atomic E-state index is 11.8. The minimum Gasteiger partial charge on any atom is -0.508 e. The van der Waals surface area contributed by atoms with Crippen molar-refractivity contribution < 1.29 is 14.6 Å². The predicted octanol–water partition coefficient (Wildman–Crippen LogP) is 3.09. The molecule has 4 heteroatoms. The van der Waals surface area contributed by atoms with E-state index < -0.39 is 5.92 Å². The fraction of sp³-hybridized carbons (Fsp3) is 0.214. The number of ether oxygens (including phenoxy) is 1. The van der Waals surface area contributed by atoms with E-state index in [-0.39, 0.29) is 11.7 Å². The molecule has 1 aliphatic carbocycles. The molecule has 1 aliphatic rings. The number of carbonyl (C=O) groups is 1. The number of benzene rings is 1. The highest BCUT2D eigenvalue weighted by molar-refractivity contribution is 6.35. The summed E-state index contributed by atoms with van der Waals surface area (Å²) in [5, 5.41) is 9.82. The smallest absolute Gasteiger partial charge is 0.313 e. The lowest BCUT2D eigenvalue weighted by Crippen LogP contribution is -2.19. The lowest BCUT2D eigenvalue weighted by molar-refractivity contribution is -0.143. The van der Waals surface area contributed by atoms with E-state index in [4.69, 9.17) is 16.3 Å². The van der Waals surface area contributed by atoms with Gasteiger partial charge in [-0.15, -0.1) is 0 Å². The van der Waals surface area contributed by atoms with E-state index in [0.29, 0.717) is 11.5 Å². The van der Waals surface area contributed by atoms with Gasteiger partial charge in [-0.3, -0.25) is 4.79 Å². The summed E-state index contributed by atoms with van der Waals surface area (Å²) in [5.41, 5.74) is 1.56. The summed E-state index contributed by atoms with van der Waals surface area (Å²) >= 11 is 6.18. The highest BCUT2D eigenvalue weighted by Crippen LogP contribution is 2.36. The van der Waals surface area contributed by atoms with Gasteiger partial charge < -0.3 is 9.84 Å². The number of hydrogen-bond donors (Lipinski definition) is 1. The molecular formula is C14H13ClO3. The zero-order chi connectivity index (χ0) is 13.1. The number of phenols is 1. The van der Waals surface area contributed by atoms with Gasteiger partial charge in [-0.25, -0.2) is 0 Å². The number of halogens is 1. The molecule has 3 nitrogen and oxygen atoms in total. The molecule has 0 saturated carbocycles. The van der Waals surface area contributed by atoms with Crippen LogP contribution in [-0.2, 0) is 9.53 Å². The van der Waals surface area contributed by atoms with Crippen molar-refractivity contribution in [2.45, 2.75) is 6.42 Å². The molecule has 1 aromatic carbocycles. The summed E-state index contributed by atoms with van der Waals surface area (Å²) in [5.74, 6) is -0.519. The number of allylic oxidation sites excluding steroid dienone is 3. The third-order valence-corrected chi connectivity index (χ3v) is 3.24. The highest BCUT2D eigenvalue weighted by atomic mass is 35.5. The SMILES string of the molecule is COC(=O)C1CC=CC(Cl)=C1c1ccc(O)cc1. The van der Waals surface area contributed by atoms with Crippen LogP contribution in [0.15, 0.2) is 41.4 Å². The van der Waals surface area contributed by atoms with Crippen LogP contribution in [-0.4, -0.2) is 18.2 Å². The Labute approximate surface area is 110 Å². The van der Waals surface area contributed by atoms with Crippen LogP contribution in [0.3, 0.4) is 0 Å². The van der Waals surface area contributed by atoms with Crippen molar-refractivity contribution in [2.24, 2.45) is 5.92 Å². The van der Waals surface area contributed by atoms with Gasteiger partial charge in [-0.2, -0.15) is 0 Å². The van der Waals surface area contributed by atoms with Gasteiger partial charge in [-0.05, 0) is 35.8 Å². The number of phenolic OH excluding ortho intramolecular Hbond substituents is 1. The van der Waals surface area contributed by atoms with Gasteiger partial charge in [0.25, 0.3) is 0 Å². The zero-order valence-corrected chi connectivity index (χ0v) is 10.6. The fourth-order valence-electron chi connectivity index (χ4n) is 2.02. The first-order valence-corrected chi connectivity index (χ1v) is 5.94. The third kappa shape index (κ3) is 2.41. The molecule has 1 atom stereocenters. The van der Waals surface area contributed by atoms with Crippen LogP contribution in [0.4, 0.5) is 0 Å². The first kappa shape index (κ1) is 12.7. The second-order valence-electron chi connectivity index (χ2n) is 4.02. The first-order chi connectivity index (χ1) is 8.63. The molecular weight excluding hydrogens is 252 g/mol. The Balaban J connectivity index is 2.45. The van der Waals surface area contributed by atoms with E-state index >= 15 is 0 Å². The summed E-state index contributed by atoms with van der Waals surface area (Å²) in [6, 6.07) is 6.61. The van der Waals surface area contributed by atoms with Gasteiger partial charge in [0.15, 0.2) is 0 Å². The standard InChI is InChI=1S/C14H13ClO3/c1-18-14(17)11-3-2-4-12(15)13(11)9-5-7-10(16)8-6-9/h2,4-8,11,16H,3H2,1H3. The maximum absolute atomic E-state index is 11.8. The van der Waals surface area contributed by atoms with Crippen molar-refractivity contribution in [1.82, 2.24) is 0 Å². The normalized spacial score (nSPS) is 18.9. The van der Waals surface area contributed by atoms with Crippen LogP contribution in [0, 0.1) is 5.92 Å². The summed E-state index contributed by atoms with van der Waals surface area (Å²) in [4.78, 5) is 11.8. The minimum absolute atomic E-state index is 0.177. The van der Waals surface area contributed by atoms with Crippen molar-refractivity contribution in [3.63, 3.8) is 0 Å². The van der Waals surface area contributed by atoms with Crippen LogP contribution in [0.1, 0.15) is 12.0 Å². The van der Waals surface area contributed by atoms with Gasteiger partial charge in [0, 0.05) is 5.03 Å². The molecule has 18 heavy (non-hydrogen) atoms. The third-order valence-electron chi connectivity index (χ3n) is 2.91. The summed E-state index contributed by atoms with van der Waals surface area (Å²) in [7, 11) is 1.36. The molecule has 94 valence electrons. The lowest BCUT2D eigenvalue weighted by Gasteiger charge is -2.21. The molecule has 2 rings (SSSR count). The number of rotatable bonds is 2. The van der Waals surface area contributed by atoms with Crippen molar-refractivity contribution in [2.75, 3.05) is 7.11 Å². The van der Waals surface area contributed by atoms with E-state index in [1.165, 1.54) is 7.11 Å². The number of aromatic hydroxyl groups is 1. The van der Waals surface area contributed by atoms with Crippen LogP contribution >= 0.6 is 11.6 Å². The Kier molecular flexibility index (Phi) is 3.72. The van der Waals surface area contributed by atoms with E-state index in [9.17, 15) is 9.90 Å². The molecule has 0 bridgehead atoms. The quantitative estimate of drug-likeness (QED) is 0.835. The Bertz CT molecular complexity index is 514. The molecule has 0 aliphatic heterocycles. The molecule has 0 heterocycles. The monoisotopic (exact) mass is 264 g/mol. The molecule has 0 amide bonds. The topological polar surface area (TPSA) is 46.5 Å². The van der Waals surface area contributed by atoms with Crippen LogP contribution < -0.4 is 0 Å². The van der Waals surface area contributed by atoms with Crippen molar-refractivity contribution in [3.05, 3.63) is 47.0 Å². The summed E-state index contributed by atoms with van der Waals surface area (Å²) in [6.07, 6.45) is 4.20. The van der Waals surface area contributed by atoms with Crippen LogP contribution in [0.5, 0.6) is 5.75 Å². The largest absolute Gasteiger partial charge is 0.508 e. The van der Waals surface area contributed by atoms with Gasteiger partial charge in [0.2, 0.25) is 0 Å². The second kappa shape index (κ2) is 5.27. The van der Waals surface area contributed by atoms with Gasteiger partial charge in [0.05, 0.1) is 13.0 Å². The first-order valence-electron chi connectivity index (χ1n) is 5.57. The van der Waals surface area contributed by atoms with Crippen molar-refractivity contribution in [3.8, 4) is 5.75 Å². The summed E-state index contributed by atoms with van der Waals surface area (Å²) in [6.45, 7) is 0. The molecule has 0 spiro atoms. The van der Waals surface area contributed by atoms with Crippen molar-refractivity contribution in [1.29, 1.82) is 0 Å². The average molecular weight is 265 g/mol. The minimum atomic E-state index is -0.392. The Morgan fingerprint density at radius 2 is 2.06 bits per heavy atom. The van der Waals surface area contributed by atoms with E-state index in [0.717, 1.165) is 11.1 Å². The molecule has 0 saturated heterocycles. The molecule has 0 fully saturated rings. The molecule has 1 unspecified atom stereocenters. The molecule has 1 aromatic rings. The van der Waals surface area contributed by atoms with Crippen molar-refractivity contribution >= 4 is 23.1 Å². The van der Waals surface area contributed by atoms with Gasteiger partial charge in [0.1, 0.15) is 5.75 Å².